The number of para-hydroxylation sites is 1. The third kappa shape index (κ3) is 3.37. The molecule has 20 heavy (non-hydrogen) atoms. The first-order chi connectivity index (χ1) is 9.49. The minimum absolute atomic E-state index is 0.239. The maximum Gasteiger partial charge on any atom is 0.145 e. The summed E-state index contributed by atoms with van der Waals surface area (Å²) in [4.78, 5) is 4.61. The Balaban J connectivity index is 2.17. The maximum atomic E-state index is 6.15. The number of anilines is 2. The Hall–Kier alpha value is -1.42. The first kappa shape index (κ1) is 15.0. The van der Waals surface area contributed by atoms with E-state index in [2.05, 4.69) is 37.7 Å². The van der Waals surface area contributed by atoms with Crippen molar-refractivity contribution in [2.45, 2.75) is 26.4 Å². The lowest BCUT2D eigenvalue weighted by Crippen LogP contribution is -2.44. The quantitative estimate of drug-likeness (QED) is 0.839. The van der Waals surface area contributed by atoms with Gasteiger partial charge in [0.2, 0.25) is 0 Å². The highest BCUT2D eigenvalue weighted by Gasteiger charge is 2.28. The summed E-state index contributed by atoms with van der Waals surface area (Å²) in [6.07, 6.45) is 1.37. The van der Waals surface area contributed by atoms with Gasteiger partial charge in [-0.3, -0.25) is 0 Å². The van der Waals surface area contributed by atoms with Gasteiger partial charge in [0.15, 0.2) is 0 Å². The summed E-state index contributed by atoms with van der Waals surface area (Å²) >= 11 is 0. The summed E-state index contributed by atoms with van der Waals surface area (Å²) in [6, 6.07) is 5.95. The normalized spacial score (nSPS) is 18.3. The fourth-order valence-corrected chi connectivity index (χ4v) is 2.61. The molecule has 0 fully saturated rings. The second kappa shape index (κ2) is 6.35. The van der Waals surface area contributed by atoms with Crippen molar-refractivity contribution in [3.8, 4) is 5.75 Å². The van der Waals surface area contributed by atoms with Crippen molar-refractivity contribution in [1.82, 2.24) is 4.90 Å². The van der Waals surface area contributed by atoms with Crippen LogP contribution in [-0.4, -0.2) is 44.7 Å². The molecule has 0 radical (unpaired) electrons. The number of nitrogens with zero attached hydrogens (tertiary/aromatic N) is 2. The average Bonchev–Trinajstić information content (AvgIpc) is 2.37. The van der Waals surface area contributed by atoms with Crippen LogP contribution in [0.25, 0.3) is 0 Å². The Morgan fingerprint density at radius 2 is 2.15 bits per heavy atom. The lowest BCUT2D eigenvalue weighted by molar-refractivity contribution is 0.145. The standard InChI is InChI=1S/C16H27N3O/c1-12(2)15-11-19(10-6-9-18(3)4)16-13(17)7-5-8-14(16)20-15/h5,7-8,12,15H,6,9-11,17H2,1-4H3. The Morgan fingerprint density at radius 3 is 2.80 bits per heavy atom. The number of fused-ring (bicyclic) bond motifs is 1. The van der Waals surface area contributed by atoms with E-state index in [1.165, 1.54) is 0 Å². The van der Waals surface area contributed by atoms with Crippen LogP contribution in [0.1, 0.15) is 20.3 Å². The van der Waals surface area contributed by atoms with Gasteiger partial charge in [0, 0.05) is 6.54 Å². The molecule has 0 saturated carbocycles. The van der Waals surface area contributed by atoms with Gasteiger partial charge in [0.25, 0.3) is 0 Å². The van der Waals surface area contributed by atoms with Crippen LogP contribution in [0.2, 0.25) is 0 Å². The smallest absolute Gasteiger partial charge is 0.145 e. The van der Waals surface area contributed by atoms with Crippen molar-refractivity contribution >= 4 is 11.4 Å². The average molecular weight is 277 g/mol. The Morgan fingerprint density at radius 1 is 1.40 bits per heavy atom. The van der Waals surface area contributed by atoms with Gasteiger partial charge in [-0.2, -0.15) is 0 Å². The van der Waals surface area contributed by atoms with Crippen LogP contribution in [0.4, 0.5) is 11.4 Å². The molecule has 2 N–H and O–H groups in total. The number of hydrogen-bond acceptors (Lipinski definition) is 4. The molecule has 4 heteroatoms. The molecule has 1 aliphatic rings. The van der Waals surface area contributed by atoms with Gasteiger partial charge in [0.05, 0.1) is 12.2 Å². The molecule has 1 aromatic carbocycles. The van der Waals surface area contributed by atoms with Gasteiger partial charge in [-0.1, -0.05) is 19.9 Å². The van der Waals surface area contributed by atoms with E-state index >= 15 is 0 Å². The molecule has 0 saturated heterocycles. The molecule has 1 unspecified atom stereocenters. The van der Waals surface area contributed by atoms with Crippen LogP contribution in [0.5, 0.6) is 5.75 Å². The van der Waals surface area contributed by atoms with Gasteiger partial charge >= 0.3 is 0 Å². The molecule has 2 rings (SSSR count). The van der Waals surface area contributed by atoms with Crippen molar-refractivity contribution in [1.29, 1.82) is 0 Å². The first-order valence-corrected chi connectivity index (χ1v) is 7.44. The van der Waals surface area contributed by atoms with Crippen molar-refractivity contribution in [2.24, 2.45) is 5.92 Å². The highest BCUT2D eigenvalue weighted by Crippen LogP contribution is 2.39. The fraction of sp³-hybridized carbons (Fsp3) is 0.625. The van der Waals surface area contributed by atoms with Crippen LogP contribution in [0.15, 0.2) is 18.2 Å². The summed E-state index contributed by atoms with van der Waals surface area (Å²) in [5.41, 5.74) is 8.04. The largest absolute Gasteiger partial charge is 0.486 e. The van der Waals surface area contributed by atoms with Gasteiger partial charge in [-0.25, -0.2) is 0 Å². The third-order valence-electron chi connectivity index (χ3n) is 3.80. The summed E-state index contributed by atoms with van der Waals surface area (Å²) in [7, 11) is 4.22. The third-order valence-corrected chi connectivity index (χ3v) is 3.80. The number of hydrogen-bond donors (Lipinski definition) is 1. The van der Waals surface area contributed by atoms with E-state index in [1.807, 2.05) is 18.2 Å². The van der Waals surface area contributed by atoms with Crippen LogP contribution in [0, 0.1) is 5.92 Å². The van der Waals surface area contributed by atoms with E-state index in [-0.39, 0.29) is 6.10 Å². The second-order valence-corrected chi connectivity index (χ2v) is 6.20. The number of benzene rings is 1. The molecular formula is C16H27N3O. The summed E-state index contributed by atoms with van der Waals surface area (Å²) in [6.45, 7) is 7.45. The Labute approximate surface area is 122 Å². The molecule has 112 valence electrons. The topological polar surface area (TPSA) is 41.7 Å². The predicted octanol–water partition coefficient (Wildman–Crippen LogP) is 2.44. The van der Waals surface area contributed by atoms with Crippen LogP contribution >= 0.6 is 0 Å². The molecule has 0 aromatic heterocycles. The highest BCUT2D eigenvalue weighted by molar-refractivity contribution is 5.75. The summed E-state index contributed by atoms with van der Waals surface area (Å²) < 4.78 is 6.10. The molecular weight excluding hydrogens is 250 g/mol. The zero-order valence-corrected chi connectivity index (χ0v) is 13.1. The van der Waals surface area contributed by atoms with E-state index in [4.69, 9.17) is 10.5 Å². The van der Waals surface area contributed by atoms with Gasteiger partial charge in [-0.05, 0) is 45.1 Å². The molecule has 1 aromatic rings. The number of nitrogen functional groups attached to an aromatic ring is 1. The molecule has 4 nitrogen and oxygen atoms in total. The van der Waals surface area contributed by atoms with Crippen LogP contribution in [-0.2, 0) is 0 Å². The Bertz CT molecular complexity index is 445. The van der Waals surface area contributed by atoms with Crippen molar-refractivity contribution in [2.75, 3.05) is 44.4 Å². The molecule has 1 aliphatic heterocycles. The maximum absolute atomic E-state index is 6.15. The fourth-order valence-electron chi connectivity index (χ4n) is 2.61. The van der Waals surface area contributed by atoms with Crippen LogP contribution in [0.3, 0.4) is 0 Å². The number of rotatable bonds is 5. The van der Waals surface area contributed by atoms with Gasteiger partial charge < -0.3 is 20.3 Å². The van der Waals surface area contributed by atoms with Crippen molar-refractivity contribution < 1.29 is 4.74 Å². The van der Waals surface area contributed by atoms with E-state index < -0.39 is 0 Å². The zero-order valence-electron chi connectivity index (χ0n) is 13.1. The van der Waals surface area contributed by atoms with Crippen LogP contribution < -0.4 is 15.4 Å². The van der Waals surface area contributed by atoms with E-state index in [1.54, 1.807) is 0 Å². The number of ether oxygens (including phenoxy) is 1. The first-order valence-electron chi connectivity index (χ1n) is 7.44. The molecule has 1 heterocycles. The minimum Gasteiger partial charge on any atom is -0.486 e. The molecule has 0 spiro atoms. The lowest BCUT2D eigenvalue weighted by atomic mass is 10.0. The highest BCUT2D eigenvalue weighted by atomic mass is 16.5. The Kier molecular flexibility index (Phi) is 4.76. The zero-order chi connectivity index (χ0) is 14.7. The van der Waals surface area contributed by atoms with E-state index in [9.17, 15) is 0 Å². The second-order valence-electron chi connectivity index (χ2n) is 6.20. The van der Waals surface area contributed by atoms with E-state index in [0.29, 0.717) is 5.92 Å². The molecule has 0 bridgehead atoms. The molecule has 1 atom stereocenters. The molecule has 0 amide bonds. The summed E-state index contributed by atoms with van der Waals surface area (Å²) in [5, 5.41) is 0. The van der Waals surface area contributed by atoms with Gasteiger partial charge in [-0.15, -0.1) is 0 Å². The number of nitrogens with two attached hydrogens (primary N) is 1. The molecule has 0 aliphatic carbocycles. The predicted molar refractivity (Wildman–Crippen MR) is 85.5 cm³/mol. The van der Waals surface area contributed by atoms with Crippen molar-refractivity contribution in [3.63, 3.8) is 0 Å². The monoisotopic (exact) mass is 277 g/mol. The summed E-state index contributed by atoms with van der Waals surface area (Å²) in [5.74, 6) is 1.43. The van der Waals surface area contributed by atoms with Gasteiger partial charge in [0.1, 0.15) is 17.5 Å². The van der Waals surface area contributed by atoms with Crippen molar-refractivity contribution in [3.05, 3.63) is 18.2 Å². The minimum atomic E-state index is 0.239. The SMILES string of the molecule is CC(C)C1CN(CCCN(C)C)c2c(N)cccc2O1. The van der Waals surface area contributed by atoms with E-state index in [0.717, 1.165) is 43.2 Å². The lowest BCUT2D eigenvalue weighted by Gasteiger charge is -2.38.